The molecule has 0 spiro atoms. The van der Waals surface area contributed by atoms with Crippen molar-refractivity contribution >= 4 is 29.2 Å². The van der Waals surface area contributed by atoms with Crippen molar-refractivity contribution in [2.24, 2.45) is 0 Å². The van der Waals surface area contributed by atoms with Gasteiger partial charge >= 0.3 is 6.01 Å². The maximum Gasteiger partial charge on any atom is 0.328 e. The molecule has 1 aromatic heterocycles. The molecule has 5 nitrogen and oxygen atoms in total. The number of aryl methyl sites for hydroxylation is 2. The Kier molecular flexibility index (Phi) is 4.07. The van der Waals surface area contributed by atoms with E-state index in [1.54, 1.807) is 7.05 Å². The van der Waals surface area contributed by atoms with Gasteiger partial charge in [-0.3, -0.25) is 0 Å². The average Bonchev–Trinajstić information content (AvgIpc) is 2.33. The number of ether oxygens (including phenoxy) is 1. The van der Waals surface area contributed by atoms with Crippen LogP contribution in [0.5, 0.6) is 11.8 Å². The molecular weight excluding hydrogens is 287 g/mol. The Morgan fingerprint density at radius 3 is 2.26 bits per heavy atom. The summed E-state index contributed by atoms with van der Waals surface area (Å²) in [4.78, 5) is 11.9. The van der Waals surface area contributed by atoms with E-state index < -0.39 is 0 Å². The van der Waals surface area contributed by atoms with Gasteiger partial charge in [-0.25, -0.2) is 0 Å². The molecule has 1 aromatic carbocycles. The predicted octanol–water partition coefficient (Wildman–Crippen LogP) is 3.63. The van der Waals surface area contributed by atoms with E-state index in [0.717, 1.165) is 11.1 Å². The first-order chi connectivity index (χ1) is 8.99. The highest BCUT2D eigenvalue weighted by atomic mass is 35.5. The van der Waals surface area contributed by atoms with Crippen molar-refractivity contribution in [2.45, 2.75) is 13.8 Å². The first-order valence-corrected chi connectivity index (χ1v) is 6.29. The third-order valence-corrected chi connectivity index (χ3v) is 2.82. The SMILES string of the molecule is CNc1nc(Cl)nc(Oc2c(C)cc(Cl)cc2C)n1. The number of nitrogens with one attached hydrogen (secondary N) is 1. The molecule has 1 N–H and O–H groups in total. The highest BCUT2D eigenvalue weighted by molar-refractivity contribution is 6.30. The van der Waals surface area contributed by atoms with Crippen molar-refractivity contribution in [2.75, 3.05) is 12.4 Å². The standard InChI is InChI=1S/C12H12Cl2N4O/c1-6-4-8(13)5-7(2)9(6)19-12-17-10(14)16-11(15-3)18-12/h4-5H,1-3H3,(H,15,16,17,18). The summed E-state index contributed by atoms with van der Waals surface area (Å²) < 4.78 is 5.67. The van der Waals surface area contributed by atoms with Crippen LogP contribution >= 0.6 is 23.2 Å². The van der Waals surface area contributed by atoms with Gasteiger partial charge in [0, 0.05) is 12.1 Å². The van der Waals surface area contributed by atoms with Crippen molar-refractivity contribution in [3.8, 4) is 11.8 Å². The van der Waals surface area contributed by atoms with Gasteiger partial charge in [0.25, 0.3) is 0 Å². The summed E-state index contributed by atoms with van der Waals surface area (Å²) >= 11 is 11.8. The van der Waals surface area contributed by atoms with E-state index >= 15 is 0 Å². The van der Waals surface area contributed by atoms with E-state index in [1.807, 2.05) is 26.0 Å². The maximum atomic E-state index is 5.97. The lowest BCUT2D eigenvalue weighted by atomic mass is 10.1. The molecule has 2 aromatic rings. The predicted molar refractivity (Wildman–Crippen MR) is 75.4 cm³/mol. The van der Waals surface area contributed by atoms with Gasteiger partial charge in [-0.2, -0.15) is 15.0 Å². The topological polar surface area (TPSA) is 59.9 Å². The van der Waals surface area contributed by atoms with Gasteiger partial charge in [-0.1, -0.05) is 11.6 Å². The Bertz CT molecular complexity index is 596. The Morgan fingerprint density at radius 1 is 1.05 bits per heavy atom. The maximum absolute atomic E-state index is 5.97. The molecule has 0 saturated carbocycles. The van der Waals surface area contributed by atoms with Crippen LogP contribution in [-0.4, -0.2) is 22.0 Å². The van der Waals surface area contributed by atoms with E-state index in [-0.39, 0.29) is 11.3 Å². The Hall–Kier alpha value is -1.59. The first-order valence-electron chi connectivity index (χ1n) is 5.53. The molecule has 0 unspecified atom stereocenters. The minimum atomic E-state index is 0.0682. The lowest BCUT2D eigenvalue weighted by Crippen LogP contribution is -2.02. The second-order valence-electron chi connectivity index (χ2n) is 3.93. The lowest BCUT2D eigenvalue weighted by Gasteiger charge is -2.11. The second kappa shape index (κ2) is 5.59. The van der Waals surface area contributed by atoms with Crippen LogP contribution in [0.4, 0.5) is 5.95 Å². The van der Waals surface area contributed by atoms with Crippen molar-refractivity contribution in [3.63, 3.8) is 0 Å². The van der Waals surface area contributed by atoms with Gasteiger partial charge < -0.3 is 10.1 Å². The number of aromatic nitrogens is 3. The largest absolute Gasteiger partial charge is 0.424 e. The van der Waals surface area contributed by atoms with Gasteiger partial charge in [0.1, 0.15) is 5.75 Å². The van der Waals surface area contributed by atoms with Crippen LogP contribution in [0.2, 0.25) is 10.3 Å². The molecule has 2 rings (SSSR count). The number of hydrogen-bond donors (Lipinski definition) is 1. The smallest absolute Gasteiger partial charge is 0.328 e. The number of anilines is 1. The summed E-state index contributed by atoms with van der Waals surface area (Å²) in [5, 5.41) is 3.51. The Morgan fingerprint density at radius 2 is 1.68 bits per heavy atom. The second-order valence-corrected chi connectivity index (χ2v) is 4.71. The van der Waals surface area contributed by atoms with Crippen molar-refractivity contribution in [1.82, 2.24) is 15.0 Å². The average molecular weight is 299 g/mol. The minimum absolute atomic E-state index is 0.0682. The zero-order valence-corrected chi connectivity index (χ0v) is 12.2. The third-order valence-electron chi connectivity index (χ3n) is 2.43. The van der Waals surface area contributed by atoms with Crippen LogP contribution < -0.4 is 10.1 Å². The van der Waals surface area contributed by atoms with E-state index in [2.05, 4.69) is 20.3 Å². The molecule has 0 aliphatic heterocycles. The number of rotatable bonds is 3. The summed E-state index contributed by atoms with van der Waals surface area (Å²) in [6, 6.07) is 3.76. The number of hydrogen-bond acceptors (Lipinski definition) is 5. The molecule has 100 valence electrons. The Balaban J connectivity index is 2.39. The molecule has 0 aliphatic carbocycles. The summed E-state index contributed by atoms with van der Waals surface area (Å²) in [7, 11) is 1.69. The van der Waals surface area contributed by atoms with Crippen LogP contribution in [0.3, 0.4) is 0 Å². The number of nitrogens with zero attached hydrogens (tertiary/aromatic N) is 3. The quantitative estimate of drug-likeness (QED) is 0.937. The molecule has 1 heterocycles. The normalized spacial score (nSPS) is 10.4. The highest BCUT2D eigenvalue weighted by Crippen LogP contribution is 2.30. The van der Waals surface area contributed by atoms with Gasteiger partial charge in [-0.05, 0) is 48.7 Å². The van der Waals surface area contributed by atoms with Crippen LogP contribution in [0.25, 0.3) is 0 Å². The molecule has 19 heavy (non-hydrogen) atoms. The molecule has 0 bridgehead atoms. The summed E-state index contributed by atoms with van der Waals surface area (Å²) in [6.07, 6.45) is 0. The van der Waals surface area contributed by atoms with Crippen molar-refractivity contribution < 1.29 is 4.74 Å². The monoisotopic (exact) mass is 298 g/mol. The van der Waals surface area contributed by atoms with Crippen LogP contribution in [-0.2, 0) is 0 Å². The number of benzene rings is 1. The van der Waals surface area contributed by atoms with Crippen molar-refractivity contribution in [3.05, 3.63) is 33.6 Å². The number of halogens is 2. The van der Waals surface area contributed by atoms with Crippen LogP contribution in [0.1, 0.15) is 11.1 Å². The fourth-order valence-corrected chi connectivity index (χ4v) is 2.12. The molecular formula is C12H12Cl2N4O. The van der Waals surface area contributed by atoms with Crippen molar-refractivity contribution in [1.29, 1.82) is 0 Å². The van der Waals surface area contributed by atoms with Gasteiger partial charge in [-0.15, -0.1) is 0 Å². The zero-order chi connectivity index (χ0) is 14.0. The third kappa shape index (κ3) is 3.24. The molecule has 0 radical (unpaired) electrons. The first kappa shape index (κ1) is 13.8. The van der Waals surface area contributed by atoms with E-state index in [4.69, 9.17) is 27.9 Å². The van der Waals surface area contributed by atoms with E-state index in [0.29, 0.717) is 16.7 Å². The zero-order valence-electron chi connectivity index (χ0n) is 10.7. The molecule has 0 aliphatic rings. The summed E-state index contributed by atoms with van der Waals surface area (Å²) in [6.45, 7) is 3.80. The van der Waals surface area contributed by atoms with Crippen LogP contribution in [0, 0.1) is 13.8 Å². The van der Waals surface area contributed by atoms with Crippen LogP contribution in [0.15, 0.2) is 12.1 Å². The van der Waals surface area contributed by atoms with Gasteiger partial charge in [0.2, 0.25) is 11.2 Å². The molecule has 0 amide bonds. The minimum Gasteiger partial charge on any atom is -0.424 e. The highest BCUT2D eigenvalue weighted by Gasteiger charge is 2.11. The molecule has 0 fully saturated rings. The fourth-order valence-electron chi connectivity index (χ4n) is 1.64. The summed E-state index contributed by atoms with van der Waals surface area (Å²) in [5.41, 5.74) is 1.79. The fraction of sp³-hybridized carbons (Fsp3) is 0.250. The molecule has 7 heteroatoms. The van der Waals surface area contributed by atoms with E-state index in [9.17, 15) is 0 Å². The molecule has 0 atom stereocenters. The summed E-state index contributed by atoms with van der Waals surface area (Å²) in [5.74, 6) is 1.01. The van der Waals surface area contributed by atoms with Gasteiger partial charge in [0.05, 0.1) is 0 Å². The van der Waals surface area contributed by atoms with Gasteiger partial charge in [0.15, 0.2) is 0 Å². The Labute approximate surface area is 121 Å². The molecule has 0 saturated heterocycles. The lowest BCUT2D eigenvalue weighted by molar-refractivity contribution is 0.434. The van der Waals surface area contributed by atoms with E-state index in [1.165, 1.54) is 0 Å².